The second-order valence-electron chi connectivity index (χ2n) is 6.43. The van der Waals surface area contributed by atoms with Crippen molar-refractivity contribution in [2.45, 2.75) is 26.7 Å². The van der Waals surface area contributed by atoms with Crippen molar-refractivity contribution in [1.29, 1.82) is 0 Å². The van der Waals surface area contributed by atoms with Crippen LogP contribution in [0.1, 0.15) is 32.4 Å². The summed E-state index contributed by atoms with van der Waals surface area (Å²) < 4.78 is 10.6. The standard InChI is InChI=1S/C20H20ClN3O3/c1-4-26-20(25)19(12(2)3)17-10-16(24-27-17)14-7-5-13(6-8-14)15-9-18(21)23-22-11-15/h5-12,19H,4H2,1-3H3. The number of ether oxygens (including phenoxy) is 1. The quantitative estimate of drug-likeness (QED) is 0.569. The van der Waals surface area contributed by atoms with E-state index >= 15 is 0 Å². The number of halogens is 1. The predicted molar refractivity (Wildman–Crippen MR) is 102 cm³/mol. The summed E-state index contributed by atoms with van der Waals surface area (Å²) in [6.45, 7) is 6.02. The van der Waals surface area contributed by atoms with Crippen LogP contribution in [0.5, 0.6) is 0 Å². The summed E-state index contributed by atoms with van der Waals surface area (Å²) >= 11 is 5.89. The minimum absolute atomic E-state index is 0.0381. The van der Waals surface area contributed by atoms with Gasteiger partial charge in [-0.1, -0.05) is 54.9 Å². The Balaban J connectivity index is 1.84. The van der Waals surface area contributed by atoms with Crippen LogP contribution >= 0.6 is 11.6 Å². The molecule has 0 aliphatic carbocycles. The molecule has 0 aliphatic rings. The Morgan fingerprint density at radius 1 is 1.15 bits per heavy atom. The SMILES string of the molecule is CCOC(=O)C(c1cc(-c2ccc(-c3cnnc(Cl)c3)cc2)no1)C(C)C. The van der Waals surface area contributed by atoms with Gasteiger partial charge < -0.3 is 9.26 Å². The highest BCUT2D eigenvalue weighted by molar-refractivity contribution is 6.29. The molecule has 27 heavy (non-hydrogen) atoms. The van der Waals surface area contributed by atoms with Crippen LogP contribution in [0, 0.1) is 5.92 Å². The number of carbonyl (C=O) groups excluding carboxylic acids is 1. The van der Waals surface area contributed by atoms with Gasteiger partial charge in [0.15, 0.2) is 10.9 Å². The van der Waals surface area contributed by atoms with E-state index in [9.17, 15) is 4.79 Å². The van der Waals surface area contributed by atoms with Gasteiger partial charge in [-0.2, -0.15) is 5.10 Å². The van der Waals surface area contributed by atoms with Crippen LogP contribution in [-0.2, 0) is 9.53 Å². The highest BCUT2D eigenvalue weighted by Crippen LogP contribution is 2.30. The lowest BCUT2D eigenvalue weighted by Gasteiger charge is -2.15. The molecule has 1 atom stereocenters. The van der Waals surface area contributed by atoms with Crippen LogP contribution in [0.25, 0.3) is 22.4 Å². The Morgan fingerprint density at radius 2 is 1.85 bits per heavy atom. The van der Waals surface area contributed by atoms with E-state index in [1.165, 1.54) is 0 Å². The van der Waals surface area contributed by atoms with E-state index in [-0.39, 0.29) is 11.9 Å². The van der Waals surface area contributed by atoms with Gasteiger partial charge in [-0.3, -0.25) is 4.79 Å². The van der Waals surface area contributed by atoms with Crippen LogP contribution in [0.3, 0.4) is 0 Å². The monoisotopic (exact) mass is 385 g/mol. The summed E-state index contributed by atoms with van der Waals surface area (Å²) in [5.41, 5.74) is 3.39. The van der Waals surface area contributed by atoms with E-state index in [0.717, 1.165) is 16.7 Å². The summed E-state index contributed by atoms with van der Waals surface area (Å²) in [7, 11) is 0. The lowest BCUT2D eigenvalue weighted by molar-refractivity contribution is -0.146. The Hall–Kier alpha value is -2.73. The smallest absolute Gasteiger partial charge is 0.317 e. The first kappa shape index (κ1) is 19.0. The Kier molecular flexibility index (Phi) is 5.86. The fraction of sp³-hybridized carbons (Fsp3) is 0.300. The summed E-state index contributed by atoms with van der Waals surface area (Å²) in [5.74, 6) is -0.230. The third-order valence-corrected chi connectivity index (χ3v) is 4.37. The molecule has 1 aromatic carbocycles. The molecule has 0 N–H and O–H groups in total. The zero-order valence-corrected chi connectivity index (χ0v) is 16.1. The molecule has 0 radical (unpaired) electrons. The summed E-state index contributed by atoms with van der Waals surface area (Å²) in [4.78, 5) is 12.2. The van der Waals surface area contributed by atoms with Crippen LogP contribution < -0.4 is 0 Å². The maximum absolute atomic E-state index is 12.2. The number of aromatic nitrogens is 3. The van der Waals surface area contributed by atoms with Crippen molar-refractivity contribution >= 4 is 17.6 Å². The molecule has 0 bridgehead atoms. The maximum Gasteiger partial charge on any atom is 0.317 e. The molecule has 140 valence electrons. The third-order valence-electron chi connectivity index (χ3n) is 4.18. The number of carbonyl (C=O) groups is 1. The molecule has 7 heteroatoms. The summed E-state index contributed by atoms with van der Waals surface area (Å²) in [5, 5.41) is 12.1. The van der Waals surface area contributed by atoms with Gasteiger partial charge in [-0.05, 0) is 24.5 Å². The number of hydrogen-bond donors (Lipinski definition) is 0. The van der Waals surface area contributed by atoms with Gasteiger partial charge in [0.25, 0.3) is 0 Å². The molecule has 3 rings (SSSR count). The molecular weight excluding hydrogens is 366 g/mol. The fourth-order valence-electron chi connectivity index (χ4n) is 2.85. The number of esters is 1. The molecule has 1 unspecified atom stereocenters. The maximum atomic E-state index is 12.2. The first-order valence-corrected chi connectivity index (χ1v) is 9.09. The van der Waals surface area contributed by atoms with Gasteiger partial charge >= 0.3 is 5.97 Å². The molecule has 0 amide bonds. The van der Waals surface area contributed by atoms with Gasteiger partial charge in [0.1, 0.15) is 11.6 Å². The van der Waals surface area contributed by atoms with E-state index in [0.29, 0.717) is 23.2 Å². The average molecular weight is 386 g/mol. The number of nitrogens with zero attached hydrogens (tertiary/aromatic N) is 3. The van der Waals surface area contributed by atoms with Crippen molar-refractivity contribution in [3.63, 3.8) is 0 Å². The van der Waals surface area contributed by atoms with Gasteiger partial charge in [-0.25, -0.2) is 0 Å². The van der Waals surface area contributed by atoms with Crippen molar-refractivity contribution < 1.29 is 14.1 Å². The Labute approximate surface area is 162 Å². The number of hydrogen-bond acceptors (Lipinski definition) is 6. The predicted octanol–water partition coefficient (Wildman–Crippen LogP) is 4.75. The third kappa shape index (κ3) is 4.34. The second-order valence-corrected chi connectivity index (χ2v) is 6.82. The number of rotatable bonds is 6. The van der Waals surface area contributed by atoms with Crippen molar-refractivity contribution in [2.24, 2.45) is 5.92 Å². The highest BCUT2D eigenvalue weighted by Gasteiger charge is 2.29. The fourth-order valence-corrected chi connectivity index (χ4v) is 3.01. The zero-order chi connectivity index (χ0) is 19.4. The van der Waals surface area contributed by atoms with Crippen LogP contribution in [0.2, 0.25) is 5.15 Å². The van der Waals surface area contributed by atoms with Crippen LogP contribution in [-0.4, -0.2) is 27.9 Å². The molecule has 6 nitrogen and oxygen atoms in total. The van der Waals surface area contributed by atoms with Crippen LogP contribution in [0.4, 0.5) is 0 Å². The summed E-state index contributed by atoms with van der Waals surface area (Å²) in [6.07, 6.45) is 1.65. The molecular formula is C20H20ClN3O3. The molecule has 2 aromatic heterocycles. The minimum atomic E-state index is -0.476. The second kappa shape index (κ2) is 8.31. The first-order chi connectivity index (χ1) is 13.0. The van der Waals surface area contributed by atoms with Gasteiger partial charge in [0.2, 0.25) is 0 Å². The van der Waals surface area contributed by atoms with Gasteiger partial charge in [-0.15, -0.1) is 5.10 Å². The van der Waals surface area contributed by atoms with Gasteiger partial charge in [0, 0.05) is 17.2 Å². The molecule has 0 aliphatic heterocycles. The largest absolute Gasteiger partial charge is 0.465 e. The van der Waals surface area contributed by atoms with E-state index in [1.807, 2.05) is 38.1 Å². The van der Waals surface area contributed by atoms with Crippen molar-refractivity contribution in [1.82, 2.24) is 15.4 Å². The van der Waals surface area contributed by atoms with E-state index < -0.39 is 5.92 Å². The Morgan fingerprint density at radius 3 is 2.48 bits per heavy atom. The minimum Gasteiger partial charge on any atom is -0.465 e. The molecule has 0 fully saturated rings. The zero-order valence-electron chi connectivity index (χ0n) is 15.3. The van der Waals surface area contributed by atoms with Crippen LogP contribution in [0.15, 0.2) is 47.1 Å². The molecule has 0 saturated heterocycles. The number of benzene rings is 1. The van der Waals surface area contributed by atoms with Gasteiger partial charge in [0.05, 0.1) is 12.8 Å². The lowest BCUT2D eigenvalue weighted by Crippen LogP contribution is -2.20. The highest BCUT2D eigenvalue weighted by atomic mass is 35.5. The average Bonchev–Trinajstić information content (AvgIpc) is 3.11. The van der Waals surface area contributed by atoms with Crippen molar-refractivity contribution in [3.05, 3.63) is 53.5 Å². The molecule has 0 spiro atoms. The Bertz CT molecular complexity index is 922. The van der Waals surface area contributed by atoms with E-state index in [4.69, 9.17) is 20.9 Å². The lowest BCUT2D eigenvalue weighted by atomic mass is 9.93. The summed E-state index contributed by atoms with van der Waals surface area (Å²) in [6, 6.07) is 11.3. The normalized spacial score (nSPS) is 12.2. The molecule has 0 saturated carbocycles. The van der Waals surface area contributed by atoms with Crippen molar-refractivity contribution in [2.75, 3.05) is 6.61 Å². The topological polar surface area (TPSA) is 78.1 Å². The van der Waals surface area contributed by atoms with E-state index in [1.54, 1.807) is 25.3 Å². The first-order valence-electron chi connectivity index (χ1n) is 8.72. The van der Waals surface area contributed by atoms with E-state index in [2.05, 4.69) is 15.4 Å². The van der Waals surface area contributed by atoms with Crippen molar-refractivity contribution in [3.8, 4) is 22.4 Å². The molecule has 3 aromatic rings. The molecule has 2 heterocycles.